The molecule has 0 aliphatic carbocycles. The second-order valence-corrected chi connectivity index (χ2v) is 8.97. The predicted molar refractivity (Wildman–Crippen MR) is 96.2 cm³/mol. The van der Waals surface area contributed by atoms with Crippen LogP contribution < -0.4 is 0 Å². The van der Waals surface area contributed by atoms with Crippen LogP contribution in [0.15, 0.2) is 57.9 Å². The topological polar surface area (TPSA) is 37.4 Å². The van der Waals surface area contributed by atoms with Crippen LogP contribution in [0.4, 0.5) is 8.78 Å². The standard InChI is InChI=1S/C18H18BrF2NO2S/c19-15-4-1-3-14(11-15)17-5-2-10-22(17)12-13-6-8-16(9-7-13)25(23,24)18(20)21/h1,3-4,6-9,11,17-18H,2,5,10,12H2. The normalized spacial score (nSPS) is 18.8. The molecule has 1 aliphatic rings. The Morgan fingerprint density at radius 2 is 1.88 bits per heavy atom. The molecule has 7 heteroatoms. The Kier molecular flexibility index (Phi) is 5.55. The molecule has 0 amide bonds. The van der Waals surface area contributed by atoms with Gasteiger partial charge in [0.2, 0.25) is 9.84 Å². The van der Waals surface area contributed by atoms with E-state index in [0.717, 1.165) is 29.4 Å². The van der Waals surface area contributed by atoms with E-state index in [4.69, 9.17) is 0 Å². The Bertz CT molecular complexity index is 840. The van der Waals surface area contributed by atoms with Crippen molar-refractivity contribution in [2.24, 2.45) is 0 Å². The average molecular weight is 430 g/mol. The number of rotatable bonds is 5. The monoisotopic (exact) mass is 429 g/mol. The third-order valence-electron chi connectivity index (χ3n) is 4.47. The van der Waals surface area contributed by atoms with Gasteiger partial charge in [0.15, 0.2) is 0 Å². The first-order valence-electron chi connectivity index (χ1n) is 7.98. The van der Waals surface area contributed by atoms with E-state index >= 15 is 0 Å². The fourth-order valence-corrected chi connectivity index (χ4v) is 4.37. The summed E-state index contributed by atoms with van der Waals surface area (Å²) in [6.45, 7) is 1.61. The molecule has 3 nitrogen and oxygen atoms in total. The minimum atomic E-state index is -4.53. The number of likely N-dealkylation sites (tertiary alicyclic amines) is 1. The summed E-state index contributed by atoms with van der Waals surface area (Å²) in [6, 6.07) is 14.3. The number of halogens is 3. The zero-order valence-corrected chi connectivity index (χ0v) is 15.8. The highest BCUT2D eigenvalue weighted by Gasteiger charge is 2.28. The van der Waals surface area contributed by atoms with Crippen LogP contribution in [0.5, 0.6) is 0 Å². The Balaban J connectivity index is 1.75. The lowest BCUT2D eigenvalue weighted by Gasteiger charge is -2.25. The van der Waals surface area contributed by atoms with Crippen LogP contribution in [0, 0.1) is 0 Å². The lowest BCUT2D eigenvalue weighted by molar-refractivity contribution is 0.234. The summed E-state index contributed by atoms with van der Waals surface area (Å²) >= 11 is 3.50. The van der Waals surface area contributed by atoms with E-state index in [1.807, 2.05) is 12.1 Å². The third-order valence-corrected chi connectivity index (χ3v) is 6.36. The maximum atomic E-state index is 12.6. The number of hydrogen-bond donors (Lipinski definition) is 0. The van der Waals surface area contributed by atoms with Gasteiger partial charge in [0, 0.05) is 17.1 Å². The number of alkyl halides is 2. The van der Waals surface area contributed by atoms with E-state index in [0.29, 0.717) is 12.6 Å². The zero-order chi connectivity index (χ0) is 18.0. The minimum Gasteiger partial charge on any atom is -0.292 e. The van der Waals surface area contributed by atoms with Crippen molar-refractivity contribution in [3.8, 4) is 0 Å². The summed E-state index contributed by atoms with van der Waals surface area (Å²) in [5, 5.41) is 0. The van der Waals surface area contributed by atoms with Gasteiger partial charge >= 0.3 is 5.76 Å². The highest BCUT2D eigenvalue weighted by molar-refractivity contribution is 9.10. The van der Waals surface area contributed by atoms with Gasteiger partial charge < -0.3 is 0 Å². The fraction of sp³-hybridized carbons (Fsp3) is 0.333. The summed E-state index contributed by atoms with van der Waals surface area (Å²) < 4.78 is 49.2. The predicted octanol–water partition coefficient (Wildman–Crippen LogP) is 4.78. The van der Waals surface area contributed by atoms with Crippen molar-refractivity contribution in [1.82, 2.24) is 4.90 Å². The molecule has 0 spiro atoms. The first kappa shape index (κ1) is 18.5. The van der Waals surface area contributed by atoms with Gasteiger partial charge in [0.25, 0.3) is 0 Å². The SMILES string of the molecule is O=S(=O)(c1ccc(CN2CCCC2c2cccc(Br)c2)cc1)C(F)F. The number of nitrogens with zero attached hydrogens (tertiary/aromatic N) is 1. The molecule has 1 aliphatic heterocycles. The van der Waals surface area contributed by atoms with Gasteiger partial charge in [-0.15, -0.1) is 0 Å². The van der Waals surface area contributed by atoms with Crippen LogP contribution >= 0.6 is 15.9 Å². The van der Waals surface area contributed by atoms with Gasteiger partial charge in [-0.3, -0.25) is 4.90 Å². The van der Waals surface area contributed by atoms with Gasteiger partial charge in [0.05, 0.1) is 4.90 Å². The van der Waals surface area contributed by atoms with Crippen molar-refractivity contribution in [2.45, 2.75) is 36.1 Å². The first-order valence-corrected chi connectivity index (χ1v) is 10.3. The van der Waals surface area contributed by atoms with Crippen LogP contribution in [0.3, 0.4) is 0 Å². The molecule has 0 saturated carbocycles. The molecule has 134 valence electrons. The van der Waals surface area contributed by atoms with Crippen LogP contribution in [-0.2, 0) is 16.4 Å². The zero-order valence-electron chi connectivity index (χ0n) is 13.4. The molecule has 0 bridgehead atoms. The minimum absolute atomic E-state index is 0.307. The largest absolute Gasteiger partial charge is 0.341 e. The molecule has 0 N–H and O–H groups in total. The van der Waals surface area contributed by atoms with Crippen molar-refractivity contribution in [3.63, 3.8) is 0 Å². The number of benzene rings is 2. The van der Waals surface area contributed by atoms with Gasteiger partial charge in [-0.1, -0.05) is 40.2 Å². The number of hydrogen-bond acceptors (Lipinski definition) is 3. The summed E-state index contributed by atoms with van der Waals surface area (Å²) in [4.78, 5) is 1.99. The molecule has 25 heavy (non-hydrogen) atoms. The molecule has 1 saturated heterocycles. The fourth-order valence-electron chi connectivity index (χ4n) is 3.23. The molecule has 1 unspecified atom stereocenters. The molecule has 2 aromatic carbocycles. The Labute approximate surface area is 154 Å². The van der Waals surface area contributed by atoms with E-state index in [2.05, 4.69) is 33.0 Å². The van der Waals surface area contributed by atoms with E-state index in [1.54, 1.807) is 12.1 Å². The quantitative estimate of drug-likeness (QED) is 0.685. The van der Waals surface area contributed by atoms with E-state index in [9.17, 15) is 17.2 Å². The Morgan fingerprint density at radius 1 is 1.16 bits per heavy atom. The Hall–Kier alpha value is -1.31. The maximum Gasteiger partial charge on any atom is 0.341 e. The first-order chi connectivity index (χ1) is 11.9. The number of sulfone groups is 1. The molecule has 1 fully saturated rings. The van der Waals surface area contributed by atoms with E-state index in [-0.39, 0.29) is 4.90 Å². The molecule has 0 radical (unpaired) electrons. The Morgan fingerprint density at radius 3 is 2.52 bits per heavy atom. The summed E-state index contributed by atoms with van der Waals surface area (Å²) in [5.41, 5.74) is 2.15. The molecule has 1 heterocycles. The highest BCUT2D eigenvalue weighted by Crippen LogP contribution is 2.34. The summed E-state index contributed by atoms with van der Waals surface area (Å²) in [6.07, 6.45) is 2.16. The second-order valence-electron chi connectivity index (χ2n) is 6.13. The van der Waals surface area contributed by atoms with Gasteiger partial charge in [-0.05, 0) is 54.8 Å². The lowest BCUT2D eigenvalue weighted by atomic mass is 10.0. The van der Waals surface area contributed by atoms with E-state index < -0.39 is 15.6 Å². The van der Waals surface area contributed by atoms with Crippen molar-refractivity contribution in [1.29, 1.82) is 0 Å². The van der Waals surface area contributed by atoms with Crippen molar-refractivity contribution >= 4 is 25.8 Å². The lowest BCUT2D eigenvalue weighted by Crippen LogP contribution is -2.22. The molecule has 2 aromatic rings. The van der Waals surface area contributed by atoms with E-state index in [1.165, 1.54) is 17.7 Å². The second kappa shape index (κ2) is 7.51. The molecule has 1 atom stereocenters. The summed E-state index contributed by atoms with van der Waals surface area (Å²) in [5.74, 6) is -3.39. The third kappa shape index (κ3) is 4.10. The molecule has 0 aromatic heterocycles. The van der Waals surface area contributed by atoms with Gasteiger partial charge in [-0.2, -0.15) is 8.78 Å². The average Bonchev–Trinajstić information content (AvgIpc) is 3.03. The van der Waals surface area contributed by atoms with Crippen LogP contribution in [-0.4, -0.2) is 25.6 Å². The molecule has 3 rings (SSSR count). The van der Waals surface area contributed by atoms with Crippen molar-refractivity contribution in [3.05, 3.63) is 64.1 Å². The van der Waals surface area contributed by atoms with Crippen molar-refractivity contribution < 1.29 is 17.2 Å². The van der Waals surface area contributed by atoms with Crippen LogP contribution in [0.25, 0.3) is 0 Å². The van der Waals surface area contributed by atoms with Gasteiger partial charge in [-0.25, -0.2) is 8.42 Å². The van der Waals surface area contributed by atoms with Crippen LogP contribution in [0.2, 0.25) is 0 Å². The smallest absolute Gasteiger partial charge is 0.292 e. The highest BCUT2D eigenvalue weighted by atomic mass is 79.9. The van der Waals surface area contributed by atoms with Crippen LogP contribution in [0.1, 0.15) is 30.0 Å². The summed E-state index contributed by atoms with van der Waals surface area (Å²) in [7, 11) is -4.53. The van der Waals surface area contributed by atoms with Gasteiger partial charge in [0.1, 0.15) is 0 Å². The molecular formula is C18H18BrF2NO2S. The van der Waals surface area contributed by atoms with Crippen molar-refractivity contribution in [2.75, 3.05) is 6.54 Å². The maximum absolute atomic E-state index is 12.6. The molecular weight excluding hydrogens is 412 g/mol.